The predicted octanol–water partition coefficient (Wildman–Crippen LogP) is 2.24. The summed E-state index contributed by atoms with van der Waals surface area (Å²) in [6, 6.07) is -0.652. The lowest BCUT2D eigenvalue weighted by Gasteiger charge is -2.18. The van der Waals surface area contributed by atoms with Crippen molar-refractivity contribution in [3.05, 3.63) is 15.3 Å². The molecule has 1 heterocycles. The van der Waals surface area contributed by atoms with E-state index in [-0.39, 0.29) is 11.0 Å². The van der Waals surface area contributed by atoms with E-state index in [1.807, 2.05) is 13.8 Å². The Bertz CT molecular complexity index is 638. The highest BCUT2D eigenvalue weighted by Gasteiger charge is 2.43. The second kappa shape index (κ2) is 9.65. The molecule has 0 saturated heterocycles. The number of ether oxygens (including phenoxy) is 1. The van der Waals surface area contributed by atoms with Crippen molar-refractivity contribution in [3.8, 4) is 0 Å². The predicted molar refractivity (Wildman–Crippen MR) is 98.8 cm³/mol. The van der Waals surface area contributed by atoms with E-state index in [9.17, 15) is 20.3 Å². The van der Waals surface area contributed by atoms with Gasteiger partial charge in [0.2, 0.25) is 11.0 Å². The van der Waals surface area contributed by atoms with E-state index in [4.69, 9.17) is 16.3 Å². The number of hydrogen-bond acceptors (Lipinski definition) is 9. The van der Waals surface area contributed by atoms with Crippen molar-refractivity contribution < 1.29 is 19.9 Å². The molecule has 2 rings (SSSR count). The van der Waals surface area contributed by atoms with E-state index in [1.54, 1.807) is 0 Å². The lowest BCUT2D eigenvalue weighted by Crippen LogP contribution is -2.36. The van der Waals surface area contributed by atoms with Crippen LogP contribution in [0, 0.1) is 10.1 Å². The molecule has 1 aliphatic rings. The molecule has 0 aromatic carbocycles. The number of thioether (sulfide) groups is 1. The highest BCUT2D eigenvalue weighted by molar-refractivity contribution is 7.99. The minimum atomic E-state index is -1.14. The number of nitrogens with one attached hydrogen (secondary N) is 1. The summed E-state index contributed by atoms with van der Waals surface area (Å²) in [5.41, 5.74) is -0.452. The maximum Gasteiger partial charge on any atom is 0.348 e. The van der Waals surface area contributed by atoms with Gasteiger partial charge in [-0.3, -0.25) is 10.1 Å². The Morgan fingerprint density at radius 2 is 2.08 bits per heavy atom. The number of nitro groups is 1. The molecule has 0 spiro atoms. The standard InChI is InChI=1S/C15H23ClN4O5S/c1-3-5-25-9-7-8(11(21)12(9)22)17-14-10(20(23)24)13(16)18-15(19-14)26-6-4-2/h8-9,11-12,21-22H,3-7H2,1-2H3,(H,17,18,19)/t8-,9+,11+,12-/m1/s1. The van der Waals surface area contributed by atoms with Gasteiger partial charge in [-0.1, -0.05) is 37.2 Å². The number of hydrogen-bond donors (Lipinski definition) is 3. The second-order valence-corrected chi connectivity index (χ2v) is 7.40. The fraction of sp³-hybridized carbons (Fsp3) is 0.733. The third-order valence-electron chi connectivity index (χ3n) is 3.93. The largest absolute Gasteiger partial charge is 0.388 e. The Labute approximate surface area is 160 Å². The summed E-state index contributed by atoms with van der Waals surface area (Å²) >= 11 is 7.31. The zero-order valence-electron chi connectivity index (χ0n) is 14.6. The van der Waals surface area contributed by atoms with Crippen LogP contribution in [0.2, 0.25) is 5.15 Å². The van der Waals surface area contributed by atoms with Gasteiger partial charge in [0, 0.05) is 12.4 Å². The Morgan fingerprint density at radius 3 is 2.69 bits per heavy atom. The Morgan fingerprint density at radius 1 is 1.35 bits per heavy atom. The summed E-state index contributed by atoms with van der Waals surface area (Å²) in [6.45, 7) is 4.39. The maximum absolute atomic E-state index is 11.4. The average Bonchev–Trinajstić information content (AvgIpc) is 2.85. The van der Waals surface area contributed by atoms with Crippen LogP contribution in [0.5, 0.6) is 0 Å². The van der Waals surface area contributed by atoms with Gasteiger partial charge < -0.3 is 20.3 Å². The summed E-state index contributed by atoms with van der Waals surface area (Å²) in [5.74, 6) is 0.673. The van der Waals surface area contributed by atoms with Crippen LogP contribution in [0.3, 0.4) is 0 Å². The van der Waals surface area contributed by atoms with Crippen LogP contribution >= 0.6 is 23.4 Å². The monoisotopic (exact) mass is 406 g/mol. The van der Waals surface area contributed by atoms with E-state index in [0.717, 1.165) is 18.6 Å². The molecule has 1 aromatic heterocycles. The van der Waals surface area contributed by atoms with Crippen LogP contribution in [0.1, 0.15) is 33.1 Å². The summed E-state index contributed by atoms with van der Waals surface area (Å²) < 4.78 is 5.53. The summed E-state index contributed by atoms with van der Waals surface area (Å²) in [6.07, 6.45) is -0.815. The van der Waals surface area contributed by atoms with E-state index < -0.39 is 35.0 Å². The highest BCUT2D eigenvalue weighted by Crippen LogP contribution is 2.35. The van der Waals surface area contributed by atoms with Gasteiger partial charge in [0.1, 0.15) is 12.2 Å². The molecule has 1 aromatic rings. The summed E-state index contributed by atoms with van der Waals surface area (Å²) in [4.78, 5) is 18.8. The Kier molecular flexibility index (Phi) is 7.84. The van der Waals surface area contributed by atoms with Crippen LogP contribution in [0.15, 0.2) is 5.16 Å². The van der Waals surface area contributed by atoms with E-state index >= 15 is 0 Å². The van der Waals surface area contributed by atoms with Gasteiger partial charge in [0.15, 0.2) is 5.16 Å². The quantitative estimate of drug-likeness (QED) is 0.186. The fourth-order valence-electron chi connectivity index (χ4n) is 2.67. The van der Waals surface area contributed by atoms with Crippen LogP contribution in [-0.4, -0.2) is 61.8 Å². The lowest BCUT2D eigenvalue weighted by molar-refractivity contribution is -0.384. The second-order valence-electron chi connectivity index (χ2n) is 5.98. The first-order chi connectivity index (χ1) is 12.4. The number of anilines is 1. The molecular formula is C15H23ClN4O5S. The van der Waals surface area contributed by atoms with Crippen LogP contribution in [-0.2, 0) is 4.74 Å². The molecule has 1 fully saturated rings. The third-order valence-corrected chi connectivity index (χ3v) is 5.24. The SMILES string of the molecule is CCCO[C@H]1C[C@@H](Nc2nc(SCCC)nc(Cl)c2[N+](=O)[O-])[C@H](O)[C@@H]1O. The van der Waals surface area contributed by atoms with Crippen molar-refractivity contribution in [3.63, 3.8) is 0 Å². The molecule has 0 amide bonds. The minimum Gasteiger partial charge on any atom is -0.388 e. The Balaban J connectivity index is 2.23. The molecule has 0 radical (unpaired) electrons. The molecule has 4 atom stereocenters. The number of aliphatic hydroxyl groups excluding tert-OH is 2. The van der Waals surface area contributed by atoms with Crippen molar-refractivity contribution in [2.24, 2.45) is 0 Å². The molecule has 1 saturated carbocycles. The Hall–Kier alpha value is -1.20. The van der Waals surface area contributed by atoms with E-state index in [1.165, 1.54) is 11.8 Å². The van der Waals surface area contributed by atoms with Gasteiger partial charge in [0.25, 0.3) is 0 Å². The number of nitrogens with zero attached hydrogens (tertiary/aromatic N) is 3. The number of rotatable bonds is 9. The molecule has 0 bridgehead atoms. The van der Waals surface area contributed by atoms with Crippen molar-refractivity contribution in [1.29, 1.82) is 0 Å². The molecule has 0 unspecified atom stereocenters. The number of aromatic nitrogens is 2. The first-order valence-electron chi connectivity index (χ1n) is 8.48. The molecule has 26 heavy (non-hydrogen) atoms. The van der Waals surface area contributed by atoms with Crippen LogP contribution in [0.4, 0.5) is 11.5 Å². The summed E-state index contributed by atoms with van der Waals surface area (Å²) in [7, 11) is 0. The van der Waals surface area contributed by atoms with Crippen molar-refractivity contribution in [1.82, 2.24) is 9.97 Å². The normalized spacial score (nSPS) is 25.4. The fourth-order valence-corrected chi connectivity index (χ4v) is 3.66. The molecule has 146 valence electrons. The van der Waals surface area contributed by atoms with Gasteiger partial charge >= 0.3 is 5.69 Å². The van der Waals surface area contributed by atoms with E-state index in [2.05, 4.69) is 15.3 Å². The first-order valence-corrected chi connectivity index (χ1v) is 9.84. The third kappa shape index (κ3) is 4.95. The molecule has 3 N–H and O–H groups in total. The molecule has 9 nitrogen and oxygen atoms in total. The van der Waals surface area contributed by atoms with Gasteiger partial charge in [-0.25, -0.2) is 4.98 Å². The molecule has 11 heteroatoms. The zero-order chi connectivity index (χ0) is 19.3. The van der Waals surface area contributed by atoms with Gasteiger partial charge in [-0.2, -0.15) is 4.98 Å². The molecule has 0 aliphatic heterocycles. The topological polar surface area (TPSA) is 131 Å². The van der Waals surface area contributed by atoms with Gasteiger partial charge in [0.05, 0.1) is 17.1 Å². The molecule has 1 aliphatic carbocycles. The maximum atomic E-state index is 11.4. The highest BCUT2D eigenvalue weighted by atomic mass is 35.5. The summed E-state index contributed by atoms with van der Waals surface area (Å²) in [5, 5.41) is 34.6. The van der Waals surface area contributed by atoms with Crippen molar-refractivity contribution >= 4 is 34.9 Å². The minimum absolute atomic E-state index is 0.0685. The van der Waals surface area contributed by atoms with Crippen molar-refractivity contribution in [2.75, 3.05) is 17.7 Å². The van der Waals surface area contributed by atoms with Crippen LogP contribution < -0.4 is 5.32 Å². The average molecular weight is 407 g/mol. The van der Waals surface area contributed by atoms with Gasteiger partial charge in [-0.05, 0) is 19.3 Å². The first kappa shape index (κ1) is 21.1. The lowest BCUT2D eigenvalue weighted by atomic mass is 10.2. The zero-order valence-corrected chi connectivity index (χ0v) is 16.2. The van der Waals surface area contributed by atoms with Crippen LogP contribution in [0.25, 0.3) is 0 Å². The number of halogens is 1. The van der Waals surface area contributed by atoms with Gasteiger partial charge in [-0.15, -0.1) is 0 Å². The molecular weight excluding hydrogens is 384 g/mol. The van der Waals surface area contributed by atoms with E-state index in [0.29, 0.717) is 18.2 Å². The van der Waals surface area contributed by atoms with Crippen molar-refractivity contribution in [2.45, 2.75) is 62.6 Å². The smallest absolute Gasteiger partial charge is 0.348 e. The number of aliphatic hydroxyl groups is 2.